The molecular formula is C16H29NO. The molecule has 1 saturated heterocycles. The van der Waals surface area contributed by atoms with Crippen LogP contribution < -0.4 is 5.32 Å². The molecule has 0 spiro atoms. The quantitative estimate of drug-likeness (QED) is 0.831. The molecule has 3 unspecified atom stereocenters. The van der Waals surface area contributed by atoms with Crippen molar-refractivity contribution in [2.45, 2.75) is 58.9 Å². The first-order chi connectivity index (χ1) is 8.54. The molecule has 3 atom stereocenters. The molecule has 1 N–H and O–H groups in total. The molecule has 2 heteroatoms. The number of nitrogens with one attached hydrogen (secondary N) is 1. The van der Waals surface area contributed by atoms with Crippen LogP contribution in [0.1, 0.15) is 52.9 Å². The third-order valence-corrected chi connectivity index (χ3v) is 6.79. The second-order valence-corrected chi connectivity index (χ2v) is 7.63. The van der Waals surface area contributed by atoms with Gasteiger partial charge < -0.3 is 10.1 Å². The molecule has 2 aliphatic carbocycles. The van der Waals surface area contributed by atoms with E-state index in [9.17, 15) is 0 Å². The Kier molecular flexibility index (Phi) is 3.22. The third kappa shape index (κ3) is 1.84. The highest BCUT2D eigenvalue weighted by atomic mass is 16.5. The van der Waals surface area contributed by atoms with Crippen molar-refractivity contribution < 1.29 is 4.74 Å². The zero-order valence-corrected chi connectivity index (χ0v) is 12.3. The van der Waals surface area contributed by atoms with Gasteiger partial charge in [0.25, 0.3) is 0 Å². The first kappa shape index (κ1) is 12.9. The zero-order valence-electron chi connectivity index (χ0n) is 12.3. The summed E-state index contributed by atoms with van der Waals surface area (Å²) in [5.74, 6) is 1.80. The van der Waals surface area contributed by atoms with E-state index in [1.54, 1.807) is 0 Å². The van der Waals surface area contributed by atoms with Crippen molar-refractivity contribution in [2.75, 3.05) is 19.8 Å². The fourth-order valence-corrected chi connectivity index (χ4v) is 4.77. The molecule has 3 aliphatic rings. The minimum absolute atomic E-state index is 0.531. The molecule has 18 heavy (non-hydrogen) atoms. The van der Waals surface area contributed by atoms with Crippen LogP contribution in [0.25, 0.3) is 0 Å². The lowest BCUT2D eigenvalue weighted by Gasteiger charge is -2.40. The Morgan fingerprint density at radius 2 is 1.83 bits per heavy atom. The summed E-state index contributed by atoms with van der Waals surface area (Å²) >= 11 is 0. The van der Waals surface area contributed by atoms with Gasteiger partial charge in [-0.3, -0.25) is 0 Å². The van der Waals surface area contributed by atoms with E-state index in [-0.39, 0.29) is 0 Å². The SMILES string of the molecule is CC1(C)C2CCC1(C)C(NCC1CCOCC1)C2. The molecule has 0 aromatic heterocycles. The van der Waals surface area contributed by atoms with Crippen molar-refractivity contribution in [3.8, 4) is 0 Å². The summed E-state index contributed by atoms with van der Waals surface area (Å²) in [7, 11) is 0. The van der Waals surface area contributed by atoms with Gasteiger partial charge in [0, 0.05) is 19.3 Å². The van der Waals surface area contributed by atoms with Gasteiger partial charge in [0.05, 0.1) is 0 Å². The van der Waals surface area contributed by atoms with Crippen molar-refractivity contribution in [2.24, 2.45) is 22.7 Å². The Morgan fingerprint density at radius 3 is 2.39 bits per heavy atom. The van der Waals surface area contributed by atoms with Crippen LogP contribution >= 0.6 is 0 Å². The minimum atomic E-state index is 0.531. The van der Waals surface area contributed by atoms with Crippen molar-refractivity contribution in [3.05, 3.63) is 0 Å². The van der Waals surface area contributed by atoms with Crippen LogP contribution in [0.15, 0.2) is 0 Å². The second kappa shape index (κ2) is 4.49. The molecule has 0 aromatic rings. The molecule has 2 bridgehead atoms. The van der Waals surface area contributed by atoms with Crippen LogP contribution in [0, 0.1) is 22.7 Å². The highest BCUT2D eigenvalue weighted by Gasteiger charge is 2.60. The van der Waals surface area contributed by atoms with Crippen LogP contribution in [0.4, 0.5) is 0 Å². The first-order valence-corrected chi connectivity index (χ1v) is 7.85. The van der Waals surface area contributed by atoms with Gasteiger partial charge in [-0.05, 0) is 61.3 Å². The molecule has 104 valence electrons. The Bertz CT molecular complexity index is 308. The maximum atomic E-state index is 5.45. The zero-order chi connectivity index (χ0) is 12.8. The van der Waals surface area contributed by atoms with Crippen LogP contribution in [0.5, 0.6) is 0 Å². The van der Waals surface area contributed by atoms with E-state index < -0.39 is 0 Å². The lowest BCUT2D eigenvalue weighted by Crippen LogP contribution is -2.46. The topological polar surface area (TPSA) is 21.3 Å². The molecule has 0 amide bonds. The number of ether oxygens (including phenoxy) is 1. The predicted molar refractivity (Wildman–Crippen MR) is 74.6 cm³/mol. The van der Waals surface area contributed by atoms with Gasteiger partial charge in [0.2, 0.25) is 0 Å². The molecule has 1 aliphatic heterocycles. The van der Waals surface area contributed by atoms with Crippen LogP contribution in [-0.2, 0) is 4.74 Å². The normalized spacial score (nSPS) is 43.5. The van der Waals surface area contributed by atoms with Crippen molar-refractivity contribution in [1.82, 2.24) is 5.32 Å². The molecule has 2 nitrogen and oxygen atoms in total. The van der Waals surface area contributed by atoms with E-state index in [4.69, 9.17) is 4.74 Å². The van der Waals surface area contributed by atoms with Crippen molar-refractivity contribution >= 4 is 0 Å². The average Bonchev–Trinajstić information content (AvgIpc) is 2.70. The molecule has 3 rings (SSSR count). The van der Waals surface area contributed by atoms with Gasteiger partial charge >= 0.3 is 0 Å². The number of hydrogen-bond acceptors (Lipinski definition) is 2. The Balaban J connectivity index is 1.58. The summed E-state index contributed by atoms with van der Waals surface area (Å²) < 4.78 is 5.45. The van der Waals surface area contributed by atoms with Crippen LogP contribution in [0.2, 0.25) is 0 Å². The standard InChI is InChI=1S/C16H29NO/c1-15(2)13-4-7-16(15,3)14(10-13)17-11-12-5-8-18-9-6-12/h12-14,17H,4-11H2,1-3H3. The van der Waals surface area contributed by atoms with Crippen LogP contribution in [-0.4, -0.2) is 25.8 Å². The lowest BCUT2D eigenvalue weighted by atomic mass is 9.69. The van der Waals surface area contributed by atoms with Gasteiger partial charge in [0.1, 0.15) is 0 Å². The fraction of sp³-hybridized carbons (Fsp3) is 1.00. The summed E-state index contributed by atoms with van der Waals surface area (Å²) in [6.45, 7) is 10.7. The number of rotatable bonds is 3. The Labute approximate surface area is 112 Å². The van der Waals surface area contributed by atoms with E-state index in [1.165, 1.54) is 38.6 Å². The fourth-order valence-electron chi connectivity index (χ4n) is 4.77. The van der Waals surface area contributed by atoms with Gasteiger partial charge in [-0.25, -0.2) is 0 Å². The summed E-state index contributed by atoms with van der Waals surface area (Å²) in [5.41, 5.74) is 1.07. The predicted octanol–water partition coefficient (Wildman–Crippen LogP) is 3.22. The molecule has 0 aromatic carbocycles. The third-order valence-electron chi connectivity index (χ3n) is 6.79. The molecule has 1 heterocycles. The molecule has 0 radical (unpaired) electrons. The van der Waals surface area contributed by atoms with E-state index in [0.29, 0.717) is 10.8 Å². The van der Waals surface area contributed by atoms with Gasteiger partial charge in [-0.15, -0.1) is 0 Å². The highest BCUT2D eigenvalue weighted by Crippen LogP contribution is 2.65. The van der Waals surface area contributed by atoms with Crippen molar-refractivity contribution in [1.29, 1.82) is 0 Å². The summed E-state index contributed by atoms with van der Waals surface area (Å²) in [6, 6.07) is 0.758. The summed E-state index contributed by atoms with van der Waals surface area (Å²) in [5, 5.41) is 3.92. The highest BCUT2D eigenvalue weighted by molar-refractivity contribution is 5.13. The van der Waals surface area contributed by atoms with E-state index >= 15 is 0 Å². The van der Waals surface area contributed by atoms with Crippen LogP contribution in [0.3, 0.4) is 0 Å². The monoisotopic (exact) mass is 251 g/mol. The van der Waals surface area contributed by atoms with Crippen molar-refractivity contribution in [3.63, 3.8) is 0 Å². The van der Waals surface area contributed by atoms with Gasteiger partial charge in [-0.2, -0.15) is 0 Å². The number of hydrogen-bond donors (Lipinski definition) is 1. The van der Waals surface area contributed by atoms with Gasteiger partial charge in [-0.1, -0.05) is 20.8 Å². The molecule has 3 fully saturated rings. The Morgan fingerprint density at radius 1 is 1.11 bits per heavy atom. The maximum Gasteiger partial charge on any atom is 0.0469 e. The van der Waals surface area contributed by atoms with E-state index in [0.717, 1.165) is 31.1 Å². The average molecular weight is 251 g/mol. The lowest BCUT2D eigenvalue weighted by molar-refractivity contribution is 0.0606. The minimum Gasteiger partial charge on any atom is -0.381 e. The molecular weight excluding hydrogens is 222 g/mol. The smallest absolute Gasteiger partial charge is 0.0469 e. The summed E-state index contributed by atoms with van der Waals surface area (Å²) in [6.07, 6.45) is 6.80. The number of fused-ring (bicyclic) bond motifs is 2. The molecule has 2 saturated carbocycles. The van der Waals surface area contributed by atoms with E-state index in [2.05, 4.69) is 26.1 Å². The first-order valence-electron chi connectivity index (χ1n) is 7.85. The summed E-state index contributed by atoms with van der Waals surface area (Å²) in [4.78, 5) is 0. The largest absolute Gasteiger partial charge is 0.381 e. The maximum absolute atomic E-state index is 5.45. The second-order valence-electron chi connectivity index (χ2n) is 7.63. The van der Waals surface area contributed by atoms with Gasteiger partial charge in [0.15, 0.2) is 0 Å². The Hall–Kier alpha value is -0.0800. The van der Waals surface area contributed by atoms with E-state index in [1.807, 2.05) is 0 Å².